The number of hydrogen-bond acceptors (Lipinski definition) is 3. The highest BCUT2D eigenvalue weighted by Gasteiger charge is 2.13. The summed E-state index contributed by atoms with van der Waals surface area (Å²) in [6.45, 7) is 0.272. The van der Waals surface area contributed by atoms with Crippen LogP contribution in [0.1, 0.15) is 12.8 Å². The number of halogens is 2. The molecule has 0 atom stereocenters. The quantitative estimate of drug-likeness (QED) is 0.472. The molecular weight excluding hydrogens is 267 g/mol. The smallest absolute Gasteiger partial charge is 0.261 e. The Balaban J connectivity index is 2.74. The van der Waals surface area contributed by atoms with E-state index in [1.165, 1.54) is 12.1 Å². The van der Waals surface area contributed by atoms with E-state index in [-0.39, 0.29) is 17.3 Å². The Bertz CT molecular complexity index is 534. The van der Waals surface area contributed by atoms with Crippen molar-refractivity contribution in [1.82, 2.24) is 0 Å². The van der Waals surface area contributed by atoms with Crippen molar-refractivity contribution in [3.63, 3.8) is 0 Å². The zero-order chi connectivity index (χ0) is 12.9. The van der Waals surface area contributed by atoms with Gasteiger partial charge in [0.1, 0.15) is 0 Å². The number of ether oxygens (including phenoxy) is 1. The first-order valence-corrected chi connectivity index (χ1v) is 7.06. The maximum Gasteiger partial charge on any atom is 0.261 e. The molecule has 0 saturated heterocycles. The molecule has 1 rings (SSSR count). The number of rotatable bonds is 5. The van der Waals surface area contributed by atoms with Gasteiger partial charge in [-0.2, -0.15) is 0 Å². The summed E-state index contributed by atoms with van der Waals surface area (Å²) in [5.74, 6) is 1.63. The lowest BCUT2D eigenvalue weighted by molar-refractivity contribution is 0.297. The van der Waals surface area contributed by atoms with Crippen LogP contribution in [0.3, 0.4) is 0 Å². The van der Waals surface area contributed by atoms with Crippen LogP contribution in [0.4, 0.5) is 4.39 Å². The first-order chi connectivity index (χ1) is 7.95. The van der Waals surface area contributed by atoms with E-state index in [2.05, 4.69) is 5.92 Å². The van der Waals surface area contributed by atoms with Crippen LogP contribution in [-0.4, -0.2) is 15.0 Å². The molecule has 0 spiro atoms. The largest absolute Gasteiger partial charge is 0.490 e. The molecule has 0 bridgehead atoms. The van der Waals surface area contributed by atoms with Gasteiger partial charge in [0.05, 0.1) is 11.5 Å². The summed E-state index contributed by atoms with van der Waals surface area (Å²) in [7, 11) is 1.15. The molecule has 0 aliphatic rings. The van der Waals surface area contributed by atoms with E-state index >= 15 is 0 Å². The van der Waals surface area contributed by atoms with Gasteiger partial charge in [-0.1, -0.05) is 0 Å². The molecule has 0 radical (unpaired) electrons. The van der Waals surface area contributed by atoms with Crippen LogP contribution in [0.2, 0.25) is 0 Å². The maximum absolute atomic E-state index is 13.4. The average Bonchev–Trinajstić information content (AvgIpc) is 2.24. The Hall–Kier alpha value is -1.25. The summed E-state index contributed by atoms with van der Waals surface area (Å²) in [5, 5.41) is 0. The fraction of sp³-hybridized carbons (Fsp3) is 0.273. The van der Waals surface area contributed by atoms with Gasteiger partial charge in [-0.25, -0.2) is 12.8 Å². The van der Waals surface area contributed by atoms with Gasteiger partial charge in [-0.05, 0) is 24.6 Å². The van der Waals surface area contributed by atoms with Crippen LogP contribution in [0.25, 0.3) is 0 Å². The highest BCUT2D eigenvalue weighted by molar-refractivity contribution is 8.13. The topological polar surface area (TPSA) is 43.4 Å². The van der Waals surface area contributed by atoms with Crippen LogP contribution in [-0.2, 0) is 9.05 Å². The van der Waals surface area contributed by atoms with Gasteiger partial charge in [-0.15, -0.1) is 12.3 Å². The third-order valence-corrected chi connectivity index (χ3v) is 3.26. The highest BCUT2D eigenvalue weighted by atomic mass is 35.7. The van der Waals surface area contributed by atoms with Crippen molar-refractivity contribution in [2.45, 2.75) is 17.7 Å². The zero-order valence-corrected chi connectivity index (χ0v) is 10.4. The van der Waals surface area contributed by atoms with E-state index in [4.69, 9.17) is 21.8 Å². The molecule has 0 aromatic heterocycles. The van der Waals surface area contributed by atoms with Gasteiger partial charge in [0.15, 0.2) is 11.6 Å². The molecule has 0 saturated carbocycles. The van der Waals surface area contributed by atoms with E-state index in [0.29, 0.717) is 12.8 Å². The Morgan fingerprint density at radius 2 is 2.18 bits per heavy atom. The molecule has 0 amide bonds. The molecule has 0 heterocycles. The average molecular weight is 277 g/mol. The minimum Gasteiger partial charge on any atom is -0.490 e. The molecule has 6 heteroatoms. The first kappa shape index (κ1) is 13.8. The van der Waals surface area contributed by atoms with E-state index in [9.17, 15) is 12.8 Å². The molecule has 0 N–H and O–H groups in total. The van der Waals surface area contributed by atoms with Crippen LogP contribution in [0, 0.1) is 18.2 Å². The minimum atomic E-state index is -3.92. The lowest BCUT2D eigenvalue weighted by Crippen LogP contribution is -2.00. The number of hydrogen-bond donors (Lipinski definition) is 0. The van der Waals surface area contributed by atoms with Crippen LogP contribution in [0.5, 0.6) is 5.75 Å². The van der Waals surface area contributed by atoms with Crippen molar-refractivity contribution < 1.29 is 17.5 Å². The Labute approximate surface area is 104 Å². The summed E-state index contributed by atoms with van der Waals surface area (Å²) in [6.07, 6.45) is 6.18. The fourth-order valence-electron chi connectivity index (χ4n) is 1.11. The number of terminal acetylenes is 1. The second-order valence-corrected chi connectivity index (χ2v) is 5.75. The van der Waals surface area contributed by atoms with Crippen molar-refractivity contribution in [2.75, 3.05) is 6.61 Å². The Morgan fingerprint density at radius 1 is 1.47 bits per heavy atom. The third kappa shape index (κ3) is 4.25. The van der Waals surface area contributed by atoms with Gasteiger partial charge < -0.3 is 4.74 Å². The molecule has 92 valence electrons. The number of unbranched alkanes of at least 4 members (excludes halogenated alkanes) is 1. The molecule has 1 aromatic carbocycles. The SMILES string of the molecule is C#CCCCOc1ccc(S(=O)(=O)Cl)cc1F. The standard InChI is InChI=1S/C11H10ClFO3S/c1-2-3-4-7-16-11-6-5-9(8-10(11)13)17(12,14)15/h1,5-6,8H,3-4,7H2. The highest BCUT2D eigenvalue weighted by Crippen LogP contribution is 2.23. The summed E-state index contributed by atoms with van der Waals surface area (Å²) in [4.78, 5) is -0.298. The first-order valence-electron chi connectivity index (χ1n) is 4.75. The van der Waals surface area contributed by atoms with E-state index in [0.717, 1.165) is 6.07 Å². The summed E-state index contributed by atoms with van der Waals surface area (Å²) < 4.78 is 40.4. The van der Waals surface area contributed by atoms with Gasteiger partial charge in [0.25, 0.3) is 9.05 Å². The summed E-state index contributed by atoms with van der Waals surface area (Å²) >= 11 is 0. The molecule has 0 fully saturated rings. The van der Waals surface area contributed by atoms with Gasteiger partial charge in [0, 0.05) is 17.1 Å². The molecule has 0 unspecified atom stereocenters. The second-order valence-electron chi connectivity index (χ2n) is 3.19. The fourth-order valence-corrected chi connectivity index (χ4v) is 1.87. The Morgan fingerprint density at radius 3 is 2.71 bits per heavy atom. The normalized spacial score (nSPS) is 10.9. The molecular formula is C11H10ClFO3S. The van der Waals surface area contributed by atoms with Crippen LogP contribution < -0.4 is 4.74 Å². The second kappa shape index (κ2) is 5.89. The van der Waals surface area contributed by atoms with Gasteiger partial charge in [-0.3, -0.25) is 0 Å². The monoisotopic (exact) mass is 276 g/mol. The van der Waals surface area contributed by atoms with E-state index in [1.807, 2.05) is 0 Å². The summed E-state index contributed by atoms with van der Waals surface area (Å²) in [5.41, 5.74) is 0. The zero-order valence-electron chi connectivity index (χ0n) is 8.82. The molecule has 3 nitrogen and oxygen atoms in total. The number of benzene rings is 1. The van der Waals surface area contributed by atoms with Crippen LogP contribution >= 0.6 is 10.7 Å². The lowest BCUT2D eigenvalue weighted by Gasteiger charge is -2.06. The molecule has 1 aromatic rings. The Kier molecular flexibility index (Phi) is 4.79. The predicted octanol–water partition coefficient (Wildman–Crippen LogP) is 2.55. The van der Waals surface area contributed by atoms with Crippen molar-refractivity contribution in [3.05, 3.63) is 24.0 Å². The van der Waals surface area contributed by atoms with Crippen molar-refractivity contribution in [2.24, 2.45) is 0 Å². The summed E-state index contributed by atoms with van der Waals surface area (Å²) in [6, 6.07) is 3.22. The van der Waals surface area contributed by atoms with E-state index in [1.54, 1.807) is 0 Å². The van der Waals surface area contributed by atoms with Crippen molar-refractivity contribution in [1.29, 1.82) is 0 Å². The van der Waals surface area contributed by atoms with Crippen molar-refractivity contribution >= 4 is 19.7 Å². The van der Waals surface area contributed by atoms with Gasteiger partial charge in [0.2, 0.25) is 0 Å². The molecule has 0 aliphatic heterocycles. The van der Waals surface area contributed by atoms with Gasteiger partial charge >= 0.3 is 0 Å². The maximum atomic E-state index is 13.4. The van der Waals surface area contributed by atoms with Crippen LogP contribution in [0.15, 0.2) is 23.1 Å². The van der Waals surface area contributed by atoms with Crippen molar-refractivity contribution in [3.8, 4) is 18.1 Å². The lowest BCUT2D eigenvalue weighted by atomic mass is 10.3. The minimum absolute atomic E-state index is 0.0221. The molecule has 0 aliphatic carbocycles. The van der Waals surface area contributed by atoms with E-state index < -0.39 is 14.9 Å². The third-order valence-electron chi connectivity index (χ3n) is 1.91. The molecule has 17 heavy (non-hydrogen) atoms. The predicted molar refractivity (Wildman–Crippen MR) is 63.0 cm³/mol.